The number of halogens is 1. The second-order valence-electron chi connectivity index (χ2n) is 4.34. The van der Waals surface area contributed by atoms with Gasteiger partial charge in [0, 0.05) is 17.5 Å². The summed E-state index contributed by atoms with van der Waals surface area (Å²) in [6.45, 7) is 3.55. The van der Waals surface area contributed by atoms with Crippen LogP contribution in [0.1, 0.15) is 11.3 Å². The minimum absolute atomic E-state index is 0.0306. The first-order valence-electron chi connectivity index (χ1n) is 5.35. The van der Waals surface area contributed by atoms with E-state index in [4.69, 9.17) is 0 Å². The topological polar surface area (TPSA) is 49.4 Å². The third-order valence-corrected chi connectivity index (χ3v) is 6.17. The van der Waals surface area contributed by atoms with Gasteiger partial charge in [-0.25, -0.2) is 13.1 Å². The van der Waals surface area contributed by atoms with Gasteiger partial charge in [0.2, 0.25) is 10.0 Å². The molecule has 0 aliphatic carbocycles. The predicted molar refractivity (Wildman–Crippen MR) is 73.0 cm³/mol. The Morgan fingerprint density at radius 2 is 2.29 bits per heavy atom. The molecule has 17 heavy (non-hydrogen) atoms. The molecule has 1 aliphatic heterocycles. The monoisotopic (exact) mass is 338 g/mol. The summed E-state index contributed by atoms with van der Waals surface area (Å²) in [5.74, 6) is 0. The standard InChI is InChI=1S/C10H15BrN2O2S2/c1-7-9(5-10(11)16-7)17(14,15)12-8-3-4-13(2)6-8/h5,8,12H,3-4,6H2,1-2H3. The zero-order valence-electron chi connectivity index (χ0n) is 9.73. The molecule has 0 aromatic carbocycles. The molecule has 0 bridgehead atoms. The van der Waals surface area contributed by atoms with Crippen molar-refractivity contribution in [3.8, 4) is 0 Å². The van der Waals surface area contributed by atoms with Gasteiger partial charge in [-0.2, -0.15) is 0 Å². The summed E-state index contributed by atoms with van der Waals surface area (Å²) in [5.41, 5.74) is 0. The lowest BCUT2D eigenvalue weighted by atomic mass is 10.3. The number of hydrogen-bond donors (Lipinski definition) is 1. The van der Waals surface area contributed by atoms with Gasteiger partial charge in [0.15, 0.2) is 0 Å². The smallest absolute Gasteiger partial charge is 0.241 e. The molecule has 2 heterocycles. The second-order valence-corrected chi connectivity index (χ2v) is 8.66. The minimum atomic E-state index is -3.37. The highest BCUT2D eigenvalue weighted by Crippen LogP contribution is 2.29. The molecule has 2 rings (SSSR count). The van der Waals surface area contributed by atoms with Crippen molar-refractivity contribution in [3.05, 3.63) is 14.7 Å². The van der Waals surface area contributed by atoms with Crippen molar-refractivity contribution in [2.75, 3.05) is 20.1 Å². The summed E-state index contributed by atoms with van der Waals surface area (Å²) in [5, 5.41) is 0. The Kier molecular flexibility index (Phi) is 3.94. The number of likely N-dealkylation sites (N-methyl/N-ethyl adjacent to an activating group) is 1. The van der Waals surface area contributed by atoms with E-state index in [0.717, 1.165) is 28.2 Å². The second kappa shape index (κ2) is 4.97. The van der Waals surface area contributed by atoms with Crippen molar-refractivity contribution in [2.24, 2.45) is 0 Å². The average molecular weight is 339 g/mol. The molecule has 1 aliphatic rings. The van der Waals surface area contributed by atoms with E-state index in [9.17, 15) is 8.42 Å². The third kappa shape index (κ3) is 3.08. The Morgan fingerprint density at radius 3 is 2.76 bits per heavy atom. The summed E-state index contributed by atoms with van der Waals surface area (Å²) in [6.07, 6.45) is 0.875. The minimum Gasteiger partial charge on any atom is -0.305 e. The van der Waals surface area contributed by atoms with E-state index >= 15 is 0 Å². The number of aryl methyl sites for hydroxylation is 1. The van der Waals surface area contributed by atoms with Crippen molar-refractivity contribution in [1.82, 2.24) is 9.62 Å². The van der Waals surface area contributed by atoms with Crippen LogP contribution in [0.25, 0.3) is 0 Å². The molecule has 1 aromatic heterocycles. The maximum atomic E-state index is 12.2. The van der Waals surface area contributed by atoms with Crippen LogP contribution in [0.2, 0.25) is 0 Å². The zero-order chi connectivity index (χ0) is 12.6. The van der Waals surface area contributed by atoms with E-state index in [2.05, 4.69) is 25.6 Å². The van der Waals surface area contributed by atoms with E-state index in [-0.39, 0.29) is 6.04 Å². The Balaban J connectivity index is 2.17. The molecule has 1 atom stereocenters. The van der Waals surface area contributed by atoms with E-state index in [1.807, 2.05) is 14.0 Å². The van der Waals surface area contributed by atoms with Gasteiger partial charge in [-0.1, -0.05) is 0 Å². The van der Waals surface area contributed by atoms with Gasteiger partial charge in [-0.15, -0.1) is 11.3 Å². The zero-order valence-corrected chi connectivity index (χ0v) is 13.0. The normalized spacial score (nSPS) is 22.2. The van der Waals surface area contributed by atoms with Crippen LogP contribution in [0, 0.1) is 6.92 Å². The number of rotatable bonds is 3. The molecule has 1 saturated heterocycles. The van der Waals surface area contributed by atoms with Crippen molar-refractivity contribution in [3.63, 3.8) is 0 Å². The highest BCUT2D eigenvalue weighted by molar-refractivity contribution is 9.11. The van der Waals surface area contributed by atoms with Gasteiger partial charge in [0.05, 0.1) is 8.68 Å². The highest BCUT2D eigenvalue weighted by atomic mass is 79.9. The van der Waals surface area contributed by atoms with Crippen LogP contribution in [-0.4, -0.2) is 39.5 Å². The van der Waals surface area contributed by atoms with Crippen LogP contribution in [-0.2, 0) is 10.0 Å². The van der Waals surface area contributed by atoms with Crippen molar-refractivity contribution in [2.45, 2.75) is 24.3 Å². The van der Waals surface area contributed by atoms with E-state index in [1.165, 1.54) is 11.3 Å². The number of nitrogens with one attached hydrogen (secondary N) is 1. The third-order valence-electron chi connectivity index (χ3n) is 2.84. The summed E-state index contributed by atoms with van der Waals surface area (Å²) in [7, 11) is -1.37. The van der Waals surface area contributed by atoms with Crippen LogP contribution >= 0.6 is 27.3 Å². The van der Waals surface area contributed by atoms with E-state index in [1.54, 1.807) is 6.07 Å². The largest absolute Gasteiger partial charge is 0.305 e. The van der Waals surface area contributed by atoms with Gasteiger partial charge >= 0.3 is 0 Å². The SMILES string of the molecule is Cc1sc(Br)cc1S(=O)(=O)NC1CCN(C)C1. The number of thiophene rings is 1. The molecule has 0 saturated carbocycles. The molecule has 0 radical (unpaired) electrons. The van der Waals surface area contributed by atoms with E-state index in [0.29, 0.717) is 4.90 Å². The lowest BCUT2D eigenvalue weighted by molar-refractivity contribution is 0.407. The summed E-state index contributed by atoms with van der Waals surface area (Å²) in [4.78, 5) is 3.34. The van der Waals surface area contributed by atoms with Gasteiger partial charge in [0.1, 0.15) is 0 Å². The molecule has 1 N–H and O–H groups in total. The Labute approximate surface area is 114 Å². The Hall–Kier alpha value is 0.0500. The predicted octanol–water partition coefficient (Wildman–Crippen LogP) is 1.80. The highest BCUT2D eigenvalue weighted by Gasteiger charge is 2.27. The molecule has 1 fully saturated rings. The molecule has 4 nitrogen and oxygen atoms in total. The molecular weight excluding hydrogens is 324 g/mol. The number of likely N-dealkylation sites (tertiary alicyclic amines) is 1. The lowest BCUT2D eigenvalue weighted by Gasteiger charge is -2.12. The fourth-order valence-electron chi connectivity index (χ4n) is 2.01. The van der Waals surface area contributed by atoms with Crippen molar-refractivity contribution >= 4 is 37.3 Å². The number of nitrogens with zero attached hydrogens (tertiary/aromatic N) is 1. The van der Waals surface area contributed by atoms with E-state index < -0.39 is 10.0 Å². The Morgan fingerprint density at radius 1 is 1.59 bits per heavy atom. The molecule has 0 spiro atoms. The first kappa shape index (κ1) is 13.5. The number of hydrogen-bond acceptors (Lipinski definition) is 4. The summed E-state index contributed by atoms with van der Waals surface area (Å²) >= 11 is 4.76. The Bertz CT molecular complexity index is 512. The number of sulfonamides is 1. The molecule has 1 aromatic rings. The van der Waals surface area contributed by atoms with Crippen LogP contribution < -0.4 is 4.72 Å². The maximum absolute atomic E-state index is 12.2. The lowest BCUT2D eigenvalue weighted by Crippen LogP contribution is -2.36. The first-order valence-corrected chi connectivity index (χ1v) is 8.44. The average Bonchev–Trinajstić information content (AvgIpc) is 2.72. The molecule has 96 valence electrons. The van der Waals surface area contributed by atoms with Gasteiger partial charge in [0.25, 0.3) is 0 Å². The molecule has 1 unspecified atom stereocenters. The summed E-state index contributed by atoms with van der Waals surface area (Å²) in [6, 6.07) is 1.70. The molecular formula is C10H15BrN2O2S2. The quantitative estimate of drug-likeness (QED) is 0.914. The van der Waals surface area contributed by atoms with Crippen LogP contribution in [0.4, 0.5) is 0 Å². The fourth-order valence-corrected chi connectivity index (χ4v) is 5.69. The van der Waals surface area contributed by atoms with Crippen LogP contribution in [0.15, 0.2) is 14.7 Å². The van der Waals surface area contributed by atoms with Crippen LogP contribution in [0.3, 0.4) is 0 Å². The summed E-state index contributed by atoms with van der Waals surface area (Å²) < 4.78 is 28.0. The van der Waals surface area contributed by atoms with Gasteiger partial charge in [-0.05, 0) is 48.9 Å². The van der Waals surface area contributed by atoms with Crippen molar-refractivity contribution in [1.29, 1.82) is 0 Å². The molecule has 0 amide bonds. The van der Waals surface area contributed by atoms with Crippen LogP contribution in [0.5, 0.6) is 0 Å². The van der Waals surface area contributed by atoms with Gasteiger partial charge in [-0.3, -0.25) is 0 Å². The maximum Gasteiger partial charge on any atom is 0.241 e. The molecule has 7 heteroatoms. The van der Waals surface area contributed by atoms with Gasteiger partial charge < -0.3 is 4.90 Å². The van der Waals surface area contributed by atoms with Crippen molar-refractivity contribution < 1.29 is 8.42 Å². The first-order chi connectivity index (χ1) is 7.88. The fraction of sp³-hybridized carbons (Fsp3) is 0.600.